The van der Waals surface area contributed by atoms with E-state index in [1.165, 1.54) is 13.0 Å². The smallest absolute Gasteiger partial charge is 0.284 e. The van der Waals surface area contributed by atoms with E-state index < -0.39 is 16.4 Å². The van der Waals surface area contributed by atoms with Gasteiger partial charge in [0.2, 0.25) is 0 Å². The summed E-state index contributed by atoms with van der Waals surface area (Å²) in [6.07, 6.45) is 0.310. The molecule has 0 saturated carbocycles. The number of ether oxygens (including phenoxy) is 1. The van der Waals surface area contributed by atoms with Crippen molar-refractivity contribution in [3.05, 3.63) is 33.4 Å². The van der Waals surface area contributed by atoms with Crippen molar-refractivity contribution >= 4 is 17.8 Å². The molecule has 0 unspecified atom stereocenters. The maximum absolute atomic E-state index is 11.3. The molecule has 0 aliphatic carbocycles. The fourth-order valence-electron chi connectivity index (χ4n) is 1.43. The first-order chi connectivity index (χ1) is 8.01. The van der Waals surface area contributed by atoms with E-state index in [1.807, 2.05) is 0 Å². The Hall–Kier alpha value is -2.24. The van der Waals surface area contributed by atoms with Gasteiger partial charge in [0.15, 0.2) is 12.1 Å². The van der Waals surface area contributed by atoms with E-state index in [0.29, 0.717) is 12.9 Å². The van der Waals surface area contributed by atoms with Crippen molar-refractivity contribution in [2.24, 2.45) is 0 Å². The van der Waals surface area contributed by atoms with Crippen molar-refractivity contribution in [3.63, 3.8) is 0 Å². The van der Waals surface area contributed by atoms with Gasteiger partial charge in [-0.15, -0.1) is 0 Å². The minimum absolute atomic E-state index is 0.00218. The molecule has 0 bridgehead atoms. The summed E-state index contributed by atoms with van der Waals surface area (Å²) in [6.45, 7) is 3.27. The molecule has 0 spiro atoms. The summed E-state index contributed by atoms with van der Waals surface area (Å²) in [5.41, 5.74) is -0.639. The maximum atomic E-state index is 11.3. The first-order valence-corrected chi connectivity index (χ1v) is 4.92. The molecule has 0 atom stereocenters. The number of hydrogen-bond acceptors (Lipinski definition) is 5. The van der Waals surface area contributed by atoms with Crippen molar-refractivity contribution in [3.8, 4) is 5.75 Å². The molecule has 90 valence electrons. The Morgan fingerprint density at radius 1 is 1.53 bits per heavy atom. The van der Waals surface area contributed by atoms with E-state index in [-0.39, 0.29) is 16.9 Å². The average molecular weight is 237 g/mol. The Balaban J connectivity index is 3.51. The number of carbonyl (C=O) groups excluding carboxylic acids is 2. The molecule has 0 heterocycles. The number of benzene rings is 1. The third-order valence-electron chi connectivity index (χ3n) is 2.14. The molecule has 1 aromatic carbocycles. The summed E-state index contributed by atoms with van der Waals surface area (Å²) in [7, 11) is 0. The van der Waals surface area contributed by atoms with Gasteiger partial charge in [-0.1, -0.05) is 0 Å². The van der Waals surface area contributed by atoms with E-state index in [4.69, 9.17) is 4.74 Å². The van der Waals surface area contributed by atoms with Crippen molar-refractivity contribution in [1.82, 2.24) is 0 Å². The van der Waals surface area contributed by atoms with Crippen LogP contribution in [0.4, 0.5) is 5.69 Å². The summed E-state index contributed by atoms with van der Waals surface area (Å²) >= 11 is 0. The lowest BCUT2D eigenvalue weighted by atomic mass is 10.0. The number of carbonyl (C=O) groups is 2. The highest BCUT2D eigenvalue weighted by Gasteiger charge is 2.21. The minimum atomic E-state index is -0.710. The molecule has 6 nitrogen and oxygen atoms in total. The SMILES string of the molecule is CCOc1cc(C(C)=O)c(C=O)c([N+](=O)[O-])c1. The molecular weight excluding hydrogens is 226 g/mol. The lowest BCUT2D eigenvalue weighted by Crippen LogP contribution is -2.05. The minimum Gasteiger partial charge on any atom is -0.494 e. The van der Waals surface area contributed by atoms with Crippen molar-refractivity contribution < 1.29 is 19.2 Å². The lowest BCUT2D eigenvalue weighted by Gasteiger charge is -2.07. The van der Waals surface area contributed by atoms with Gasteiger partial charge in [-0.3, -0.25) is 19.7 Å². The lowest BCUT2D eigenvalue weighted by molar-refractivity contribution is -0.385. The number of rotatable bonds is 5. The first-order valence-electron chi connectivity index (χ1n) is 4.92. The van der Waals surface area contributed by atoms with E-state index >= 15 is 0 Å². The molecule has 1 rings (SSSR count). The van der Waals surface area contributed by atoms with E-state index in [2.05, 4.69) is 0 Å². The Kier molecular flexibility index (Phi) is 3.92. The van der Waals surface area contributed by atoms with Crippen molar-refractivity contribution in [2.75, 3.05) is 6.61 Å². The average Bonchev–Trinajstić information content (AvgIpc) is 2.28. The molecule has 0 fully saturated rings. The highest BCUT2D eigenvalue weighted by Crippen LogP contribution is 2.28. The van der Waals surface area contributed by atoms with Crippen LogP contribution in [-0.4, -0.2) is 23.6 Å². The molecule has 17 heavy (non-hydrogen) atoms. The predicted octanol–water partition coefficient (Wildman–Crippen LogP) is 2.01. The molecule has 0 aliphatic rings. The van der Waals surface area contributed by atoms with Gasteiger partial charge in [0.1, 0.15) is 11.3 Å². The maximum Gasteiger partial charge on any atom is 0.284 e. The Morgan fingerprint density at radius 3 is 2.59 bits per heavy atom. The topological polar surface area (TPSA) is 86.5 Å². The van der Waals surface area contributed by atoms with Crippen LogP contribution in [0.25, 0.3) is 0 Å². The Labute approximate surface area is 97.3 Å². The van der Waals surface area contributed by atoms with E-state index in [1.54, 1.807) is 6.92 Å². The van der Waals surface area contributed by atoms with E-state index in [9.17, 15) is 19.7 Å². The summed E-state index contributed by atoms with van der Waals surface area (Å²) in [6, 6.07) is 2.47. The standard InChI is InChI=1S/C11H11NO5/c1-3-17-8-4-9(7(2)14)10(6-13)11(5-8)12(15)16/h4-6H,3H2,1-2H3. The van der Waals surface area contributed by atoms with Gasteiger partial charge in [-0.25, -0.2) is 0 Å². The van der Waals surface area contributed by atoms with Gasteiger partial charge >= 0.3 is 0 Å². The van der Waals surface area contributed by atoms with Crippen molar-refractivity contribution in [2.45, 2.75) is 13.8 Å². The van der Waals surface area contributed by atoms with Crippen LogP contribution in [0.5, 0.6) is 5.75 Å². The Morgan fingerprint density at radius 2 is 2.18 bits per heavy atom. The molecule has 6 heteroatoms. The fraction of sp³-hybridized carbons (Fsp3) is 0.273. The van der Waals surface area contributed by atoms with Gasteiger partial charge in [0.05, 0.1) is 17.6 Å². The molecule has 0 amide bonds. The second-order valence-electron chi connectivity index (χ2n) is 3.27. The van der Waals surface area contributed by atoms with Gasteiger partial charge in [-0.2, -0.15) is 0 Å². The second-order valence-corrected chi connectivity index (χ2v) is 3.27. The monoisotopic (exact) mass is 237 g/mol. The molecule has 0 radical (unpaired) electrons. The molecule has 0 saturated heterocycles. The molecule has 0 aliphatic heterocycles. The molecule has 0 N–H and O–H groups in total. The zero-order chi connectivity index (χ0) is 13.0. The van der Waals surface area contributed by atoms with Crippen molar-refractivity contribution in [1.29, 1.82) is 0 Å². The number of hydrogen-bond donors (Lipinski definition) is 0. The van der Waals surface area contributed by atoms with Crippen LogP contribution in [0, 0.1) is 10.1 Å². The number of aldehydes is 1. The second kappa shape index (κ2) is 5.20. The third-order valence-corrected chi connectivity index (χ3v) is 2.14. The highest BCUT2D eigenvalue weighted by molar-refractivity contribution is 6.04. The van der Waals surface area contributed by atoms with Gasteiger partial charge in [0.25, 0.3) is 5.69 Å². The third kappa shape index (κ3) is 2.66. The number of nitrogens with zero attached hydrogens (tertiary/aromatic N) is 1. The number of nitro groups is 1. The quantitative estimate of drug-likeness (QED) is 0.338. The largest absolute Gasteiger partial charge is 0.494 e. The fourth-order valence-corrected chi connectivity index (χ4v) is 1.43. The number of nitro benzene ring substituents is 1. The highest BCUT2D eigenvalue weighted by atomic mass is 16.6. The predicted molar refractivity (Wildman–Crippen MR) is 59.7 cm³/mol. The number of ketones is 1. The van der Waals surface area contributed by atoms with Crippen LogP contribution >= 0.6 is 0 Å². The summed E-state index contributed by atoms with van der Waals surface area (Å²) in [5.74, 6) is -0.216. The first kappa shape index (κ1) is 12.8. The van der Waals surface area contributed by atoms with Gasteiger partial charge in [-0.05, 0) is 19.9 Å². The summed E-state index contributed by atoms with van der Waals surface area (Å²) < 4.78 is 5.11. The Bertz CT molecular complexity index is 446. The van der Waals surface area contributed by atoms with Crippen LogP contribution in [0.15, 0.2) is 12.1 Å². The van der Waals surface area contributed by atoms with Crippen LogP contribution in [-0.2, 0) is 0 Å². The number of Topliss-reactive ketones (excluding diaryl/α,β-unsaturated/α-hetero) is 1. The molecule has 1 aromatic rings. The van der Waals surface area contributed by atoms with Crippen LogP contribution < -0.4 is 4.74 Å². The zero-order valence-corrected chi connectivity index (χ0v) is 9.43. The summed E-state index contributed by atoms with van der Waals surface area (Å²) in [5, 5.41) is 10.8. The molecular formula is C11H11NO5. The van der Waals surface area contributed by atoms with Gasteiger partial charge in [0, 0.05) is 5.56 Å². The summed E-state index contributed by atoms with van der Waals surface area (Å²) in [4.78, 5) is 32.2. The van der Waals surface area contributed by atoms with Crippen LogP contribution in [0.1, 0.15) is 34.6 Å². The zero-order valence-electron chi connectivity index (χ0n) is 9.43. The van der Waals surface area contributed by atoms with Crippen LogP contribution in [0.3, 0.4) is 0 Å². The van der Waals surface area contributed by atoms with Gasteiger partial charge < -0.3 is 4.74 Å². The van der Waals surface area contributed by atoms with Crippen LogP contribution in [0.2, 0.25) is 0 Å². The normalized spacial score (nSPS) is 9.76. The van der Waals surface area contributed by atoms with E-state index in [0.717, 1.165) is 6.07 Å². The molecule has 0 aromatic heterocycles.